The molecule has 0 aromatic carbocycles. The molecule has 0 aliphatic carbocycles. The molecule has 23 heavy (non-hydrogen) atoms. The van der Waals surface area contributed by atoms with E-state index in [0.717, 1.165) is 24.5 Å². The van der Waals surface area contributed by atoms with E-state index in [9.17, 15) is 9.90 Å². The number of amides is 2. The van der Waals surface area contributed by atoms with Crippen molar-refractivity contribution in [2.75, 3.05) is 24.5 Å². The molecular formula is C17H28N4O2. The normalized spacial score (nSPS) is 17.2. The predicted molar refractivity (Wildman–Crippen MR) is 91.4 cm³/mol. The molecule has 0 bridgehead atoms. The number of rotatable bonds is 6. The van der Waals surface area contributed by atoms with Crippen LogP contribution in [0.5, 0.6) is 0 Å². The molecule has 1 aromatic rings. The Morgan fingerprint density at radius 2 is 2.09 bits per heavy atom. The first-order chi connectivity index (χ1) is 10.9. The predicted octanol–water partition coefficient (Wildman–Crippen LogP) is 1.89. The molecule has 128 valence electrons. The molecule has 1 aromatic heterocycles. The molecule has 0 saturated carbocycles. The van der Waals surface area contributed by atoms with E-state index in [1.54, 1.807) is 13.1 Å². The maximum Gasteiger partial charge on any atom is 0.315 e. The SMILES string of the molecule is CC(C)C(C)(O)CNC(=O)NCc1ccnc(N2CCCC2)c1. The minimum Gasteiger partial charge on any atom is -0.388 e. The number of aliphatic hydroxyl groups is 1. The summed E-state index contributed by atoms with van der Waals surface area (Å²) in [6, 6.07) is 3.66. The van der Waals surface area contributed by atoms with E-state index in [4.69, 9.17) is 0 Å². The Morgan fingerprint density at radius 1 is 1.39 bits per heavy atom. The Labute approximate surface area is 138 Å². The van der Waals surface area contributed by atoms with Crippen LogP contribution in [0.15, 0.2) is 18.3 Å². The number of pyridine rings is 1. The lowest BCUT2D eigenvalue weighted by Gasteiger charge is -2.27. The Hall–Kier alpha value is -1.82. The number of nitrogens with one attached hydrogen (secondary N) is 2. The molecule has 1 saturated heterocycles. The lowest BCUT2D eigenvalue weighted by atomic mass is 9.93. The number of aromatic nitrogens is 1. The van der Waals surface area contributed by atoms with Crippen LogP contribution in [0.1, 0.15) is 39.2 Å². The number of nitrogens with zero attached hydrogens (tertiary/aromatic N) is 2. The van der Waals surface area contributed by atoms with Gasteiger partial charge >= 0.3 is 6.03 Å². The van der Waals surface area contributed by atoms with Gasteiger partial charge in [-0.3, -0.25) is 0 Å². The fraction of sp³-hybridized carbons (Fsp3) is 0.647. The maximum atomic E-state index is 11.9. The summed E-state index contributed by atoms with van der Waals surface area (Å²) in [5.41, 5.74) is 0.115. The summed E-state index contributed by atoms with van der Waals surface area (Å²) in [7, 11) is 0. The van der Waals surface area contributed by atoms with E-state index in [-0.39, 0.29) is 18.5 Å². The average Bonchev–Trinajstić information content (AvgIpc) is 3.05. The minimum absolute atomic E-state index is 0.0750. The second-order valence-corrected chi connectivity index (χ2v) is 6.76. The molecule has 1 aliphatic heterocycles. The number of urea groups is 1. The zero-order chi connectivity index (χ0) is 16.9. The monoisotopic (exact) mass is 320 g/mol. The maximum absolute atomic E-state index is 11.9. The van der Waals surface area contributed by atoms with Crippen molar-refractivity contribution in [1.82, 2.24) is 15.6 Å². The van der Waals surface area contributed by atoms with Crippen LogP contribution in [0.2, 0.25) is 0 Å². The molecule has 3 N–H and O–H groups in total. The van der Waals surface area contributed by atoms with Crippen molar-refractivity contribution >= 4 is 11.8 Å². The smallest absolute Gasteiger partial charge is 0.315 e. The van der Waals surface area contributed by atoms with Gasteiger partial charge in [0.05, 0.1) is 5.60 Å². The first-order valence-electron chi connectivity index (χ1n) is 8.32. The van der Waals surface area contributed by atoms with E-state index < -0.39 is 5.60 Å². The van der Waals surface area contributed by atoms with Crippen molar-refractivity contribution in [1.29, 1.82) is 0 Å². The number of hydrogen-bond donors (Lipinski definition) is 3. The Kier molecular flexibility index (Phi) is 5.82. The molecule has 0 spiro atoms. The Morgan fingerprint density at radius 3 is 2.74 bits per heavy atom. The number of carbonyl (C=O) groups excluding carboxylic acids is 1. The van der Waals surface area contributed by atoms with Gasteiger partial charge in [0.15, 0.2) is 0 Å². The van der Waals surface area contributed by atoms with Gasteiger partial charge in [0.1, 0.15) is 5.82 Å². The highest BCUT2D eigenvalue weighted by Gasteiger charge is 2.25. The summed E-state index contributed by atoms with van der Waals surface area (Å²) in [5, 5.41) is 15.7. The summed E-state index contributed by atoms with van der Waals surface area (Å²) in [6.07, 6.45) is 4.21. The van der Waals surface area contributed by atoms with Crippen LogP contribution in [0.4, 0.5) is 10.6 Å². The zero-order valence-electron chi connectivity index (χ0n) is 14.3. The van der Waals surface area contributed by atoms with Crippen molar-refractivity contribution in [2.24, 2.45) is 5.92 Å². The van der Waals surface area contributed by atoms with Crippen LogP contribution in [-0.2, 0) is 6.54 Å². The summed E-state index contributed by atoms with van der Waals surface area (Å²) in [6.45, 7) is 8.35. The lowest BCUT2D eigenvalue weighted by molar-refractivity contribution is 0.0166. The average molecular weight is 320 g/mol. The molecule has 6 nitrogen and oxygen atoms in total. The first kappa shape index (κ1) is 17.5. The molecule has 1 unspecified atom stereocenters. The van der Waals surface area contributed by atoms with E-state index in [0.29, 0.717) is 6.54 Å². The largest absolute Gasteiger partial charge is 0.388 e. The van der Waals surface area contributed by atoms with E-state index in [2.05, 4.69) is 20.5 Å². The van der Waals surface area contributed by atoms with Gasteiger partial charge in [0, 0.05) is 32.4 Å². The van der Waals surface area contributed by atoms with Gasteiger partial charge in [-0.05, 0) is 43.4 Å². The van der Waals surface area contributed by atoms with Crippen LogP contribution >= 0.6 is 0 Å². The van der Waals surface area contributed by atoms with Crippen molar-refractivity contribution in [3.05, 3.63) is 23.9 Å². The molecule has 1 atom stereocenters. The molecule has 2 heterocycles. The molecule has 2 amide bonds. The fourth-order valence-corrected chi connectivity index (χ4v) is 2.40. The topological polar surface area (TPSA) is 77.5 Å². The molecule has 1 aliphatic rings. The van der Waals surface area contributed by atoms with Crippen LogP contribution in [-0.4, -0.2) is 41.4 Å². The second kappa shape index (κ2) is 7.64. The highest BCUT2D eigenvalue weighted by Crippen LogP contribution is 2.18. The summed E-state index contributed by atoms with van der Waals surface area (Å²) < 4.78 is 0. The van der Waals surface area contributed by atoms with Crippen LogP contribution < -0.4 is 15.5 Å². The third-order valence-electron chi connectivity index (χ3n) is 4.54. The molecule has 1 fully saturated rings. The van der Waals surface area contributed by atoms with Crippen molar-refractivity contribution in [3.8, 4) is 0 Å². The first-order valence-corrected chi connectivity index (χ1v) is 8.32. The Bertz CT molecular complexity index is 525. The van der Waals surface area contributed by atoms with Crippen LogP contribution in [0, 0.1) is 5.92 Å². The van der Waals surface area contributed by atoms with Gasteiger partial charge in [0.2, 0.25) is 0 Å². The second-order valence-electron chi connectivity index (χ2n) is 6.76. The standard InChI is InChI=1S/C17H28N4O2/c1-13(2)17(3,23)12-20-16(22)19-11-14-6-7-18-15(10-14)21-8-4-5-9-21/h6-7,10,13,23H,4-5,8-9,11-12H2,1-3H3,(H2,19,20,22). The summed E-state index contributed by atoms with van der Waals surface area (Å²) >= 11 is 0. The molecule has 2 rings (SSSR count). The van der Waals surface area contributed by atoms with Gasteiger partial charge < -0.3 is 20.6 Å². The van der Waals surface area contributed by atoms with Crippen molar-refractivity contribution in [3.63, 3.8) is 0 Å². The highest BCUT2D eigenvalue weighted by atomic mass is 16.3. The third kappa shape index (κ3) is 5.10. The Balaban J connectivity index is 1.81. The minimum atomic E-state index is -0.906. The molecule has 6 heteroatoms. The fourth-order valence-electron chi connectivity index (χ4n) is 2.40. The summed E-state index contributed by atoms with van der Waals surface area (Å²) in [5.74, 6) is 1.05. The molecule has 0 radical (unpaired) electrons. The highest BCUT2D eigenvalue weighted by molar-refractivity contribution is 5.73. The quantitative estimate of drug-likeness (QED) is 0.748. The van der Waals surface area contributed by atoms with E-state index >= 15 is 0 Å². The van der Waals surface area contributed by atoms with Gasteiger partial charge in [-0.2, -0.15) is 0 Å². The van der Waals surface area contributed by atoms with Gasteiger partial charge in [-0.25, -0.2) is 9.78 Å². The van der Waals surface area contributed by atoms with Crippen molar-refractivity contribution < 1.29 is 9.90 Å². The number of hydrogen-bond acceptors (Lipinski definition) is 4. The van der Waals surface area contributed by atoms with Crippen LogP contribution in [0.25, 0.3) is 0 Å². The van der Waals surface area contributed by atoms with Crippen molar-refractivity contribution in [2.45, 2.75) is 45.8 Å². The van der Waals surface area contributed by atoms with Gasteiger partial charge in [-0.1, -0.05) is 13.8 Å². The van der Waals surface area contributed by atoms with Gasteiger partial charge in [0.25, 0.3) is 0 Å². The zero-order valence-corrected chi connectivity index (χ0v) is 14.3. The third-order valence-corrected chi connectivity index (χ3v) is 4.54. The van der Waals surface area contributed by atoms with E-state index in [1.165, 1.54) is 12.8 Å². The number of anilines is 1. The van der Waals surface area contributed by atoms with E-state index in [1.807, 2.05) is 26.0 Å². The molecular weight excluding hydrogens is 292 g/mol. The van der Waals surface area contributed by atoms with Gasteiger partial charge in [-0.15, -0.1) is 0 Å². The summed E-state index contributed by atoms with van der Waals surface area (Å²) in [4.78, 5) is 18.5. The van der Waals surface area contributed by atoms with Crippen LogP contribution in [0.3, 0.4) is 0 Å². The lowest BCUT2D eigenvalue weighted by Crippen LogP contribution is -2.47. The number of carbonyl (C=O) groups is 1.